The maximum absolute atomic E-state index is 12.1. The van der Waals surface area contributed by atoms with Crippen LogP contribution in [0.1, 0.15) is 31.2 Å². The van der Waals surface area contributed by atoms with Crippen molar-refractivity contribution >= 4 is 11.9 Å². The second kappa shape index (κ2) is 7.05. The van der Waals surface area contributed by atoms with Gasteiger partial charge in [-0.1, -0.05) is 43.2 Å². The van der Waals surface area contributed by atoms with Crippen LogP contribution in [0, 0.1) is 11.8 Å². The number of carboxylic acid groups (broad SMARTS) is 1. The van der Waals surface area contributed by atoms with Gasteiger partial charge in [0.1, 0.15) is 0 Å². The summed E-state index contributed by atoms with van der Waals surface area (Å²) in [5.41, 5.74) is 6.56. The lowest BCUT2D eigenvalue weighted by Gasteiger charge is -2.27. The van der Waals surface area contributed by atoms with Crippen LogP contribution in [0.15, 0.2) is 30.3 Å². The maximum Gasteiger partial charge on any atom is 0.307 e. The van der Waals surface area contributed by atoms with Gasteiger partial charge >= 0.3 is 5.97 Å². The Kier molecular flexibility index (Phi) is 5.12. The van der Waals surface area contributed by atoms with Crippen molar-refractivity contribution in [2.45, 2.75) is 32.2 Å². The monoisotopic (exact) mass is 276 g/mol. The molecule has 20 heavy (non-hydrogen) atoms. The number of hydrazine groups is 1. The predicted molar refractivity (Wildman–Crippen MR) is 74.5 cm³/mol. The lowest BCUT2D eigenvalue weighted by atomic mass is 9.79. The standard InChI is InChI=1S/C15H20N2O3/c18-14(12-8-4-5-9-13(12)15(19)20)17-16-10-11-6-2-1-3-7-11/h1-3,6-7,12-13,16H,4-5,8-10H2,(H,17,18)(H,19,20)/t12-,13-/m0/s1. The third-order valence-corrected chi connectivity index (χ3v) is 3.77. The van der Waals surface area contributed by atoms with E-state index in [4.69, 9.17) is 5.11 Å². The van der Waals surface area contributed by atoms with E-state index in [1.54, 1.807) is 0 Å². The molecule has 1 fully saturated rings. The zero-order chi connectivity index (χ0) is 14.4. The third-order valence-electron chi connectivity index (χ3n) is 3.77. The van der Waals surface area contributed by atoms with Gasteiger partial charge in [-0.3, -0.25) is 15.0 Å². The smallest absolute Gasteiger partial charge is 0.307 e. The first kappa shape index (κ1) is 14.5. The van der Waals surface area contributed by atoms with Gasteiger partial charge in [0.15, 0.2) is 0 Å². The van der Waals surface area contributed by atoms with Gasteiger partial charge in [0.2, 0.25) is 5.91 Å². The molecule has 0 saturated heterocycles. The molecule has 5 heteroatoms. The fourth-order valence-corrected chi connectivity index (χ4v) is 2.66. The first-order valence-electron chi connectivity index (χ1n) is 6.98. The number of carbonyl (C=O) groups excluding carboxylic acids is 1. The zero-order valence-electron chi connectivity index (χ0n) is 11.3. The number of benzene rings is 1. The van der Waals surface area contributed by atoms with Gasteiger partial charge in [-0.15, -0.1) is 0 Å². The molecule has 2 atom stereocenters. The minimum Gasteiger partial charge on any atom is -0.481 e. The van der Waals surface area contributed by atoms with E-state index in [0.717, 1.165) is 18.4 Å². The molecule has 1 aliphatic rings. The SMILES string of the molecule is O=C(O)[C@H]1CCCC[C@@H]1C(=O)NNCc1ccccc1. The van der Waals surface area contributed by atoms with E-state index in [0.29, 0.717) is 19.4 Å². The van der Waals surface area contributed by atoms with Gasteiger partial charge in [0, 0.05) is 6.54 Å². The van der Waals surface area contributed by atoms with Crippen LogP contribution in [0.5, 0.6) is 0 Å². The van der Waals surface area contributed by atoms with Crippen LogP contribution in [0.25, 0.3) is 0 Å². The quantitative estimate of drug-likeness (QED) is 0.715. The summed E-state index contributed by atoms with van der Waals surface area (Å²) in [4.78, 5) is 23.2. The molecule has 0 aromatic heterocycles. The number of hydrogen-bond acceptors (Lipinski definition) is 3. The Morgan fingerprint density at radius 1 is 1.10 bits per heavy atom. The summed E-state index contributed by atoms with van der Waals surface area (Å²) in [5.74, 6) is -2.06. The Bertz CT molecular complexity index is 461. The summed E-state index contributed by atoms with van der Waals surface area (Å²) >= 11 is 0. The second-order valence-electron chi connectivity index (χ2n) is 5.16. The van der Waals surface area contributed by atoms with Crippen molar-refractivity contribution in [3.05, 3.63) is 35.9 Å². The van der Waals surface area contributed by atoms with Crippen molar-refractivity contribution in [2.75, 3.05) is 0 Å². The van der Waals surface area contributed by atoms with Gasteiger partial charge in [0.25, 0.3) is 0 Å². The van der Waals surface area contributed by atoms with Crippen molar-refractivity contribution in [1.82, 2.24) is 10.9 Å². The second-order valence-corrected chi connectivity index (χ2v) is 5.16. The summed E-state index contributed by atoms with van der Waals surface area (Å²) < 4.78 is 0. The molecule has 1 amide bonds. The molecule has 2 rings (SSSR count). The zero-order valence-corrected chi connectivity index (χ0v) is 11.3. The summed E-state index contributed by atoms with van der Waals surface area (Å²) in [6.45, 7) is 0.525. The lowest BCUT2D eigenvalue weighted by molar-refractivity contribution is -0.149. The number of rotatable bonds is 5. The van der Waals surface area contributed by atoms with Crippen molar-refractivity contribution in [3.8, 4) is 0 Å². The van der Waals surface area contributed by atoms with Crippen molar-refractivity contribution in [3.63, 3.8) is 0 Å². The Morgan fingerprint density at radius 3 is 2.40 bits per heavy atom. The van der Waals surface area contributed by atoms with Gasteiger partial charge in [-0.25, -0.2) is 5.43 Å². The molecule has 3 N–H and O–H groups in total. The van der Waals surface area contributed by atoms with Crippen molar-refractivity contribution in [1.29, 1.82) is 0 Å². The summed E-state index contributed by atoms with van der Waals surface area (Å²) in [6.07, 6.45) is 3.04. The van der Waals surface area contributed by atoms with Gasteiger partial charge < -0.3 is 5.11 Å². The Labute approximate surface area is 118 Å². The van der Waals surface area contributed by atoms with E-state index < -0.39 is 17.8 Å². The third kappa shape index (κ3) is 3.81. The number of amides is 1. The summed E-state index contributed by atoms with van der Waals surface area (Å²) in [6, 6.07) is 9.71. The van der Waals surface area contributed by atoms with Gasteiger partial charge in [-0.2, -0.15) is 0 Å². The van der Waals surface area contributed by atoms with Crippen molar-refractivity contribution in [2.24, 2.45) is 11.8 Å². The van der Waals surface area contributed by atoms with Crippen LogP contribution < -0.4 is 10.9 Å². The molecule has 0 spiro atoms. The van der Waals surface area contributed by atoms with E-state index in [9.17, 15) is 9.59 Å². The number of nitrogens with one attached hydrogen (secondary N) is 2. The Balaban J connectivity index is 1.83. The number of aliphatic carboxylic acids is 1. The minimum atomic E-state index is -0.868. The number of hydrogen-bond donors (Lipinski definition) is 3. The molecule has 1 saturated carbocycles. The maximum atomic E-state index is 12.1. The molecule has 1 aliphatic carbocycles. The molecule has 108 valence electrons. The minimum absolute atomic E-state index is 0.215. The molecule has 0 bridgehead atoms. The Hall–Kier alpha value is -1.88. The molecule has 0 aliphatic heterocycles. The average molecular weight is 276 g/mol. The van der Waals surface area contributed by atoms with E-state index >= 15 is 0 Å². The molecular weight excluding hydrogens is 256 g/mol. The Morgan fingerprint density at radius 2 is 1.75 bits per heavy atom. The first-order chi connectivity index (χ1) is 9.68. The van der Waals surface area contributed by atoms with Crippen LogP contribution in [0.3, 0.4) is 0 Å². The summed E-state index contributed by atoms with van der Waals surface area (Å²) in [7, 11) is 0. The van der Waals surface area contributed by atoms with E-state index in [-0.39, 0.29) is 5.91 Å². The highest BCUT2D eigenvalue weighted by atomic mass is 16.4. The fraction of sp³-hybridized carbons (Fsp3) is 0.467. The van der Waals surface area contributed by atoms with E-state index in [2.05, 4.69) is 10.9 Å². The predicted octanol–water partition coefficient (Wildman–Crippen LogP) is 1.70. The normalized spacial score (nSPS) is 22.2. The van der Waals surface area contributed by atoms with Crippen LogP contribution in [0.4, 0.5) is 0 Å². The van der Waals surface area contributed by atoms with Crippen LogP contribution >= 0.6 is 0 Å². The highest BCUT2D eigenvalue weighted by Gasteiger charge is 2.35. The molecule has 0 heterocycles. The van der Waals surface area contributed by atoms with Crippen LogP contribution in [-0.4, -0.2) is 17.0 Å². The van der Waals surface area contributed by atoms with Gasteiger partial charge in [-0.05, 0) is 18.4 Å². The lowest BCUT2D eigenvalue weighted by Crippen LogP contribution is -2.45. The molecule has 1 aromatic rings. The number of carbonyl (C=O) groups is 2. The highest BCUT2D eigenvalue weighted by Crippen LogP contribution is 2.30. The molecule has 0 unspecified atom stereocenters. The average Bonchev–Trinajstić information content (AvgIpc) is 2.48. The van der Waals surface area contributed by atoms with Crippen molar-refractivity contribution < 1.29 is 14.7 Å². The largest absolute Gasteiger partial charge is 0.481 e. The highest BCUT2D eigenvalue weighted by molar-refractivity contribution is 5.84. The molecular formula is C15H20N2O3. The topological polar surface area (TPSA) is 78.4 Å². The molecule has 5 nitrogen and oxygen atoms in total. The number of carboxylic acids is 1. The van der Waals surface area contributed by atoms with E-state index in [1.807, 2.05) is 30.3 Å². The summed E-state index contributed by atoms with van der Waals surface area (Å²) in [5, 5.41) is 9.16. The van der Waals surface area contributed by atoms with Crippen LogP contribution in [-0.2, 0) is 16.1 Å². The van der Waals surface area contributed by atoms with E-state index in [1.165, 1.54) is 0 Å². The molecule has 0 radical (unpaired) electrons. The van der Waals surface area contributed by atoms with Gasteiger partial charge in [0.05, 0.1) is 11.8 Å². The molecule has 1 aromatic carbocycles. The fourth-order valence-electron chi connectivity index (χ4n) is 2.66. The van der Waals surface area contributed by atoms with Crippen LogP contribution in [0.2, 0.25) is 0 Å². The first-order valence-corrected chi connectivity index (χ1v) is 6.98.